The summed E-state index contributed by atoms with van der Waals surface area (Å²) >= 11 is 0. The number of benzene rings is 1. The van der Waals surface area contributed by atoms with Gasteiger partial charge in [-0.3, -0.25) is 4.99 Å². The lowest BCUT2D eigenvalue weighted by Crippen LogP contribution is -2.50. The van der Waals surface area contributed by atoms with Crippen molar-refractivity contribution in [2.24, 2.45) is 4.99 Å². The van der Waals surface area contributed by atoms with Crippen LogP contribution in [0, 0.1) is 0 Å². The highest BCUT2D eigenvalue weighted by Gasteiger charge is 2.29. The number of likely N-dealkylation sites (N-methyl/N-ethyl adjacent to an activating group) is 1. The highest BCUT2D eigenvalue weighted by atomic mass is 127. The fraction of sp³-hybridized carbons (Fsp3) is 0.562. The zero-order valence-electron chi connectivity index (χ0n) is 14.7. The zero-order chi connectivity index (χ0) is 17.7. The van der Waals surface area contributed by atoms with E-state index in [0.717, 1.165) is 17.7 Å². The first-order valence-corrected chi connectivity index (χ1v) is 7.34. The lowest BCUT2D eigenvalue weighted by Gasteiger charge is -2.33. The molecule has 0 aliphatic heterocycles. The number of hydrogen-bond donors (Lipinski definition) is 2. The average Bonchev–Trinajstić information content (AvgIpc) is 2.46. The Morgan fingerprint density at radius 2 is 1.62 bits per heavy atom. The lowest BCUT2D eigenvalue weighted by atomic mass is 10.0. The van der Waals surface area contributed by atoms with Gasteiger partial charge in [0.2, 0.25) is 0 Å². The minimum absolute atomic E-state index is 0. The molecule has 24 heavy (non-hydrogen) atoms. The van der Waals surface area contributed by atoms with Crippen LogP contribution in [-0.2, 0) is 12.7 Å². The molecule has 4 nitrogen and oxygen atoms in total. The van der Waals surface area contributed by atoms with Gasteiger partial charge in [-0.25, -0.2) is 0 Å². The molecule has 0 bridgehead atoms. The zero-order valence-corrected chi connectivity index (χ0v) is 17.0. The molecule has 2 N–H and O–H groups in total. The molecule has 0 saturated heterocycles. The van der Waals surface area contributed by atoms with E-state index in [2.05, 4.69) is 34.4 Å². The van der Waals surface area contributed by atoms with Crippen molar-refractivity contribution in [3.63, 3.8) is 0 Å². The first kappa shape index (κ1) is 23.0. The largest absolute Gasteiger partial charge is 0.416 e. The molecule has 0 heterocycles. The minimum Gasteiger partial charge on any atom is -0.355 e. The predicted octanol–water partition coefficient (Wildman–Crippen LogP) is 3.33. The van der Waals surface area contributed by atoms with Gasteiger partial charge in [-0.2, -0.15) is 13.2 Å². The molecule has 1 aromatic carbocycles. The molecule has 8 heteroatoms. The van der Waals surface area contributed by atoms with Crippen LogP contribution < -0.4 is 10.6 Å². The van der Waals surface area contributed by atoms with Crippen LogP contribution in [0.3, 0.4) is 0 Å². The van der Waals surface area contributed by atoms with Gasteiger partial charge in [0.05, 0.1) is 5.56 Å². The van der Waals surface area contributed by atoms with Crippen molar-refractivity contribution in [3.05, 3.63) is 35.4 Å². The third kappa shape index (κ3) is 7.25. The normalized spacial score (nSPS) is 12.8. The van der Waals surface area contributed by atoms with Crippen molar-refractivity contribution in [3.8, 4) is 0 Å². The second-order valence-electron chi connectivity index (χ2n) is 6.18. The van der Waals surface area contributed by atoms with Crippen LogP contribution in [0.25, 0.3) is 0 Å². The highest BCUT2D eigenvalue weighted by molar-refractivity contribution is 14.0. The van der Waals surface area contributed by atoms with Gasteiger partial charge in [-0.15, -0.1) is 24.0 Å². The van der Waals surface area contributed by atoms with Crippen molar-refractivity contribution >= 4 is 29.9 Å². The number of aliphatic imine (C=N–C) groups is 1. The van der Waals surface area contributed by atoms with Crippen LogP contribution in [0.1, 0.15) is 25.0 Å². The number of hydrogen-bond acceptors (Lipinski definition) is 2. The van der Waals surface area contributed by atoms with Gasteiger partial charge in [0.15, 0.2) is 5.96 Å². The fourth-order valence-corrected chi connectivity index (χ4v) is 1.68. The van der Waals surface area contributed by atoms with Gasteiger partial charge in [-0.05, 0) is 45.6 Å². The molecule has 138 valence electrons. The summed E-state index contributed by atoms with van der Waals surface area (Å²) in [5.74, 6) is 0.611. The van der Waals surface area contributed by atoms with Gasteiger partial charge in [0.25, 0.3) is 0 Å². The first-order chi connectivity index (χ1) is 10.6. The van der Waals surface area contributed by atoms with Crippen molar-refractivity contribution in [2.75, 3.05) is 27.7 Å². The molecule has 0 unspecified atom stereocenters. The van der Waals surface area contributed by atoms with Gasteiger partial charge < -0.3 is 15.5 Å². The first-order valence-electron chi connectivity index (χ1n) is 7.34. The van der Waals surface area contributed by atoms with E-state index in [1.54, 1.807) is 7.05 Å². The molecule has 0 radical (unpaired) electrons. The summed E-state index contributed by atoms with van der Waals surface area (Å²) in [6.45, 7) is 5.29. The molecule has 0 amide bonds. The molecule has 1 rings (SSSR count). The van der Waals surface area contributed by atoms with Crippen LogP contribution in [0.2, 0.25) is 0 Å². The quantitative estimate of drug-likeness (QED) is 0.404. The number of nitrogens with zero attached hydrogens (tertiary/aromatic N) is 2. The van der Waals surface area contributed by atoms with Crippen LogP contribution in [0.15, 0.2) is 29.3 Å². The van der Waals surface area contributed by atoms with E-state index in [-0.39, 0.29) is 29.5 Å². The fourth-order valence-electron chi connectivity index (χ4n) is 1.68. The Kier molecular flexibility index (Phi) is 9.05. The molecule has 0 aromatic heterocycles. The van der Waals surface area contributed by atoms with Crippen LogP contribution in [0.5, 0.6) is 0 Å². The number of alkyl halides is 3. The molecular weight excluding hydrogens is 432 g/mol. The monoisotopic (exact) mass is 458 g/mol. The van der Waals surface area contributed by atoms with E-state index in [4.69, 9.17) is 0 Å². The van der Waals surface area contributed by atoms with Crippen molar-refractivity contribution in [2.45, 2.75) is 32.1 Å². The number of guanidine groups is 1. The Labute approximate surface area is 158 Å². The SMILES string of the molecule is CN=C(NCc1ccc(C(F)(F)F)cc1)NCC(C)(C)N(C)C.I. The van der Waals surface area contributed by atoms with E-state index in [9.17, 15) is 13.2 Å². The van der Waals surface area contributed by atoms with Gasteiger partial charge >= 0.3 is 6.18 Å². The number of nitrogens with one attached hydrogen (secondary N) is 2. The minimum atomic E-state index is -4.30. The summed E-state index contributed by atoms with van der Waals surface area (Å²) < 4.78 is 37.6. The van der Waals surface area contributed by atoms with Gasteiger partial charge in [0, 0.05) is 25.7 Å². The summed E-state index contributed by atoms with van der Waals surface area (Å²) in [4.78, 5) is 6.22. The second kappa shape index (κ2) is 9.45. The topological polar surface area (TPSA) is 39.7 Å². The smallest absolute Gasteiger partial charge is 0.355 e. The van der Waals surface area contributed by atoms with E-state index >= 15 is 0 Å². The third-order valence-electron chi connectivity index (χ3n) is 3.86. The summed E-state index contributed by atoms with van der Waals surface area (Å²) in [7, 11) is 5.66. The average molecular weight is 458 g/mol. The molecule has 0 fully saturated rings. The lowest BCUT2D eigenvalue weighted by molar-refractivity contribution is -0.137. The van der Waals surface area contributed by atoms with E-state index in [1.807, 2.05) is 14.1 Å². The summed E-state index contributed by atoms with van der Waals surface area (Å²) in [6, 6.07) is 5.10. The van der Waals surface area contributed by atoms with Crippen molar-refractivity contribution in [1.82, 2.24) is 15.5 Å². The van der Waals surface area contributed by atoms with Gasteiger partial charge in [-0.1, -0.05) is 12.1 Å². The maximum absolute atomic E-state index is 12.5. The number of rotatable bonds is 5. The molecule has 0 aliphatic rings. The van der Waals surface area contributed by atoms with Gasteiger partial charge in [0.1, 0.15) is 0 Å². The van der Waals surface area contributed by atoms with Crippen LogP contribution in [-0.4, -0.2) is 44.1 Å². The molecule has 0 atom stereocenters. The Morgan fingerprint density at radius 3 is 2.04 bits per heavy atom. The van der Waals surface area contributed by atoms with Crippen LogP contribution >= 0.6 is 24.0 Å². The maximum Gasteiger partial charge on any atom is 0.416 e. The van der Waals surface area contributed by atoms with E-state index < -0.39 is 11.7 Å². The second-order valence-corrected chi connectivity index (χ2v) is 6.18. The third-order valence-corrected chi connectivity index (χ3v) is 3.86. The molecule has 0 saturated carbocycles. The Balaban J connectivity index is 0.00000529. The van der Waals surface area contributed by atoms with E-state index in [1.165, 1.54) is 12.1 Å². The molecular formula is C16H26F3IN4. The predicted molar refractivity (Wildman–Crippen MR) is 103 cm³/mol. The number of halogens is 4. The standard InChI is InChI=1S/C16H25F3N4.HI/c1-15(2,23(4)5)11-22-14(20-3)21-10-12-6-8-13(9-7-12)16(17,18)19;/h6-9H,10-11H2,1-5H3,(H2,20,21,22);1H. The molecule has 0 spiro atoms. The highest BCUT2D eigenvalue weighted by Crippen LogP contribution is 2.29. The maximum atomic E-state index is 12.5. The summed E-state index contributed by atoms with van der Waals surface area (Å²) in [6.07, 6.45) is -4.30. The summed E-state index contributed by atoms with van der Waals surface area (Å²) in [5.41, 5.74) is 0.0655. The Bertz CT molecular complexity index is 525. The van der Waals surface area contributed by atoms with E-state index in [0.29, 0.717) is 19.0 Å². The molecule has 0 aliphatic carbocycles. The molecule has 1 aromatic rings. The Morgan fingerprint density at radius 1 is 1.08 bits per heavy atom. The summed E-state index contributed by atoms with van der Waals surface area (Å²) in [5, 5.41) is 6.31. The Hall–Kier alpha value is -1.03. The van der Waals surface area contributed by atoms with Crippen molar-refractivity contribution in [1.29, 1.82) is 0 Å². The van der Waals surface area contributed by atoms with Crippen LogP contribution in [0.4, 0.5) is 13.2 Å². The van der Waals surface area contributed by atoms with Crippen molar-refractivity contribution < 1.29 is 13.2 Å².